The van der Waals surface area contributed by atoms with Gasteiger partial charge in [-0.1, -0.05) is 18.2 Å². The molecule has 5 N–H and O–H groups in total. The zero-order chi connectivity index (χ0) is 13.8. The highest BCUT2D eigenvalue weighted by molar-refractivity contribution is 5.97. The third-order valence-corrected chi connectivity index (χ3v) is 2.89. The minimum Gasteiger partial charge on any atom is -0.398 e. The van der Waals surface area contributed by atoms with E-state index in [1.807, 2.05) is 31.2 Å². The van der Waals surface area contributed by atoms with E-state index in [1.165, 1.54) is 0 Å². The summed E-state index contributed by atoms with van der Waals surface area (Å²) < 4.78 is 0. The standard InChI is InChI=1S/C14H16N4O/c1-9(10-5-2-3-7-12(10)15)18-14-11(13(16)19)6-4-8-17-14/h2-9H,15H2,1H3,(H2,16,19)(H,17,18). The molecule has 1 aromatic heterocycles. The molecule has 2 rings (SSSR count). The number of primary amides is 1. The first-order valence-corrected chi connectivity index (χ1v) is 5.95. The van der Waals surface area contributed by atoms with E-state index in [0.29, 0.717) is 17.1 Å². The number of nitrogens with zero attached hydrogens (tertiary/aromatic N) is 1. The number of hydrogen-bond donors (Lipinski definition) is 3. The van der Waals surface area contributed by atoms with Gasteiger partial charge in [-0.25, -0.2) is 4.98 Å². The zero-order valence-electron chi connectivity index (χ0n) is 10.6. The molecule has 0 radical (unpaired) electrons. The van der Waals surface area contributed by atoms with Crippen LogP contribution in [-0.2, 0) is 0 Å². The number of para-hydroxylation sites is 1. The Labute approximate surface area is 111 Å². The first-order chi connectivity index (χ1) is 9.09. The van der Waals surface area contributed by atoms with Gasteiger partial charge in [0.25, 0.3) is 5.91 Å². The quantitative estimate of drug-likeness (QED) is 0.728. The van der Waals surface area contributed by atoms with Crippen molar-refractivity contribution in [2.75, 3.05) is 11.1 Å². The van der Waals surface area contributed by atoms with Crippen molar-refractivity contribution in [3.8, 4) is 0 Å². The van der Waals surface area contributed by atoms with Crippen molar-refractivity contribution in [3.63, 3.8) is 0 Å². The van der Waals surface area contributed by atoms with Crippen molar-refractivity contribution in [2.45, 2.75) is 13.0 Å². The van der Waals surface area contributed by atoms with E-state index >= 15 is 0 Å². The second kappa shape index (κ2) is 5.39. The van der Waals surface area contributed by atoms with E-state index in [2.05, 4.69) is 10.3 Å². The molecule has 5 nitrogen and oxygen atoms in total. The van der Waals surface area contributed by atoms with Crippen molar-refractivity contribution in [3.05, 3.63) is 53.7 Å². The Hall–Kier alpha value is -2.56. The second-order valence-electron chi connectivity index (χ2n) is 4.26. The van der Waals surface area contributed by atoms with Crippen molar-refractivity contribution in [1.29, 1.82) is 0 Å². The summed E-state index contributed by atoms with van der Waals surface area (Å²) in [4.78, 5) is 15.5. The number of benzene rings is 1. The molecule has 0 aliphatic rings. The first-order valence-electron chi connectivity index (χ1n) is 5.95. The summed E-state index contributed by atoms with van der Waals surface area (Å²) in [6, 6.07) is 10.8. The van der Waals surface area contributed by atoms with Crippen molar-refractivity contribution in [1.82, 2.24) is 4.98 Å². The Morgan fingerprint density at radius 3 is 2.68 bits per heavy atom. The van der Waals surface area contributed by atoms with Crippen molar-refractivity contribution in [2.24, 2.45) is 5.73 Å². The number of pyridine rings is 1. The van der Waals surface area contributed by atoms with Crippen LogP contribution in [0.3, 0.4) is 0 Å². The van der Waals surface area contributed by atoms with Gasteiger partial charge in [0.2, 0.25) is 0 Å². The lowest BCUT2D eigenvalue weighted by Gasteiger charge is -2.18. The molecule has 1 heterocycles. The lowest BCUT2D eigenvalue weighted by Crippen LogP contribution is -2.17. The van der Waals surface area contributed by atoms with E-state index in [4.69, 9.17) is 11.5 Å². The predicted molar refractivity (Wildman–Crippen MR) is 75.6 cm³/mol. The largest absolute Gasteiger partial charge is 0.398 e. The maximum atomic E-state index is 11.3. The number of amides is 1. The number of anilines is 2. The van der Waals surface area contributed by atoms with E-state index in [1.54, 1.807) is 18.3 Å². The fraction of sp³-hybridized carbons (Fsp3) is 0.143. The van der Waals surface area contributed by atoms with Gasteiger partial charge in [-0.2, -0.15) is 0 Å². The summed E-state index contributed by atoms with van der Waals surface area (Å²) in [5.74, 6) is -0.0467. The minimum atomic E-state index is -0.510. The Bertz CT molecular complexity index is 598. The third-order valence-electron chi connectivity index (χ3n) is 2.89. The predicted octanol–water partition coefficient (Wildman–Crippen LogP) is 1.94. The van der Waals surface area contributed by atoms with Crippen LogP contribution in [0.1, 0.15) is 28.9 Å². The van der Waals surface area contributed by atoms with E-state index in [-0.39, 0.29) is 6.04 Å². The molecule has 1 aromatic carbocycles. The fourth-order valence-electron chi connectivity index (χ4n) is 1.91. The third kappa shape index (κ3) is 2.82. The van der Waals surface area contributed by atoms with Gasteiger partial charge in [-0.15, -0.1) is 0 Å². The Kier molecular flexibility index (Phi) is 3.66. The van der Waals surface area contributed by atoms with Gasteiger partial charge in [0.15, 0.2) is 0 Å². The summed E-state index contributed by atoms with van der Waals surface area (Å²) in [5.41, 5.74) is 13.2. The van der Waals surface area contributed by atoms with Crippen LogP contribution in [0.2, 0.25) is 0 Å². The molecule has 0 aliphatic heterocycles. The Morgan fingerprint density at radius 2 is 2.00 bits per heavy atom. The molecule has 5 heteroatoms. The number of nitrogens with two attached hydrogens (primary N) is 2. The number of nitrogen functional groups attached to an aromatic ring is 1. The molecule has 19 heavy (non-hydrogen) atoms. The number of hydrogen-bond acceptors (Lipinski definition) is 4. The van der Waals surface area contributed by atoms with Crippen molar-refractivity contribution < 1.29 is 4.79 Å². The van der Waals surface area contributed by atoms with Gasteiger partial charge in [0, 0.05) is 11.9 Å². The molecular formula is C14H16N4O. The number of aromatic nitrogens is 1. The van der Waals surface area contributed by atoms with Gasteiger partial charge < -0.3 is 16.8 Å². The topological polar surface area (TPSA) is 94.0 Å². The smallest absolute Gasteiger partial charge is 0.252 e. The second-order valence-corrected chi connectivity index (χ2v) is 4.26. The van der Waals surface area contributed by atoms with Gasteiger partial charge in [-0.05, 0) is 30.7 Å². The normalized spacial score (nSPS) is 11.8. The molecule has 98 valence electrons. The highest BCUT2D eigenvalue weighted by Crippen LogP contribution is 2.24. The number of carbonyl (C=O) groups excluding carboxylic acids is 1. The fourth-order valence-corrected chi connectivity index (χ4v) is 1.91. The van der Waals surface area contributed by atoms with Gasteiger partial charge >= 0.3 is 0 Å². The van der Waals surface area contributed by atoms with Gasteiger partial charge in [-0.3, -0.25) is 4.79 Å². The summed E-state index contributed by atoms with van der Waals surface area (Å²) in [6.07, 6.45) is 1.61. The van der Waals surface area contributed by atoms with E-state index in [0.717, 1.165) is 5.56 Å². The van der Waals surface area contributed by atoms with Crippen LogP contribution in [0.15, 0.2) is 42.6 Å². The lowest BCUT2D eigenvalue weighted by atomic mass is 10.1. The highest BCUT2D eigenvalue weighted by Gasteiger charge is 2.13. The van der Waals surface area contributed by atoms with Gasteiger partial charge in [0.05, 0.1) is 11.6 Å². The summed E-state index contributed by atoms with van der Waals surface area (Å²) in [7, 11) is 0. The number of nitrogens with one attached hydrogen (secondary N) is 1. The van der Waals surface area contributed by atoms with Gasteiger partial charge in [0.1, 0.15) is 5.82 Å². The molecule has 0 bridgehead atoms. The van der Waals surface area contributed by atoms with E-state index in [9.17, 15) is 4.79 Å². The maximum absolute atomic E-state index is 11.3. The molecule has 1 unspecified atom stereocenters. The monoisotopic (exact) mass is 256 g/mol. The summed E-state index contributed by atoms with van der Waals surface area (Å²) >= 11 is 0. The Morgan fingerprint density at radius 1 is 1.26 bits per heavy atom. The average molecular weight is 256 g/mol. The zero-order valence-corrected chi connectivity index (χ0v) is 10.6. The maximum Gasteiger partial charge on any atom is 0.252 e. The van der Waals surface area contributed by atoms with E-state index < -0.39 is 5.91 Å². The lowest BCUT2D eigenvalue weighted by molar-refractivity contribution is 0.100. The van der Waals surface area contributed by atoms with Crippen LogP contribution in [-0.4, -0.2) is 10.9 Å². The molecule has 1 atom stereocenters. The van der Waals surface area contributed by atoms with Crippen LogP contribution in [0.4, 0.5) is 11.5 Å². The van der Waals surface area contributed by atoms with Crippen LogP contribution in [0, 0.1) is 0 Å². The Balaban J connectivity index is 2.27. The summed E-state index contributed by atoms with van der Waals surface area (Å²) in [5, 5.41) is 3.16. The molecule has 0 saturated carbocycles. The molecule has 0 saturated heterocycles. The van der Waals surface area contributed by atoms with Crippen molar-refractivity contribution >= 4 is 17.4 Å². The molecule has 0 fully saturated rings. The van der Waals surface area contributed by atoms with Crippen LogP contribution >= 0.6 is 0 Å². The van der Waals surface area contributed by atoms with Crippen LogP contribution in [0.5, 0.6) is 0 Å². The number of carbonyl (C=O) groups is 1. The molecule has 1 amide bonds. The SMILES string of the molecule is CC(Nc1ncccc1C(N)=O)c1ccccc1N. The average Bonchev–Trinajstić information content (AvgIpc) is 2.39. The number of rotatable bonds is 4. The molecule has 0 spiro atoms. The highest BCUT2D eigenvalue weighted by atomic mass is 16.1. The molecule has 0 aliphatic carbocycles. The van der Waals surface area contributed by atoms with Crippen LogP contribution < -0.4 is 16.8 Å². The molecular weight excluding hydrogens is 240 g/mol. The van der Waals surface area contributed by atoms with Crippen LogP contribution in [0.25, 0.3) is 0 Å². The summed E-state index contributed by atoms with van der Waals surface area (Å²) in [6.45, 7) is 1.95. The first kappa shape index (κ1) is 12.9. The minimum absolute atomic E-state index is 0.0748. The molecule has 2 aromatic rings.